The molecule has 0 saturated heterocycles. The summed E-state index contributed by atoms with van der Waals surface area (Å²) >= 11 is 0. The molecule has 0 spiro atoms. The summed E-state index contributed by atoms with van der Waals surface area (Å²) in [5.41, 5.74) is 5.81. The predicted octanol–water partition coefficient (Wildman–Crippen LogP) is 0.495. The molecule has 0 fully saturated rings. The van der Waals surface area contributed by atoms with E-state index in [-0.39, 0.29) is 17.3 Å². The Labute approximate surface area is 75.1 Å². The molecular formula is C8H10N2O3. The molecule has 0 radical (unpaired) electrons. The van der Waals surface area contributed by atoms with Crippen LogP contribution in [0.15, 0.2) is 23.4 Å². The molecule has 1 aromatic rings. The molecule has 0 bridgehead atoms. The van der Waals surface area contributed by atoms with E-state index in [1.54, 1.807) is 0 Å². The number of phenols is 1. The van der Waals surface area contributed by atoms with Gasteiger partial charge >= 0.3 is 0 Å². The number of rotatable bonds is 2. The Morgan fingerprint density at radius 1 is 1.54 bits per heavy atom. The molecule has 5 nitrogen and oxygen atoms in total. The summed E-state index contributed by atoms with van der Waals surface area (Å²) in [7, 11) is 1.42. The van der Waals surface area contributed by atoms with Crippen molar-refractivity contribution in [1.82, 2.24) is 0 Å². The molecule has 0 aromatic heterocycles. The van der Waals surface area contributed by atoms with Gasteiger partial charge in [-0.25, -0.2) is 0 Å². The molecule has 1 aromatic carbocycles. The van der Waals surface area contributed by atoms with Crippen molar-refractivity contribution < 1.29 is 15.1 Å². The Morgan fingerprint density at radius 3 is 2.77 bits per heavy atom. The van der Waals surface area contributed by atoms with Gasteiger partial charge in [0.15, 0.2) is 17.3 Å². The van der Waals surface area contributed by atoms with Crippen molar-refractivity contribution in [3.8, 4) is 11.5 Å². The van der Waals surface area contributed by atoms with Gasteiger partial charge in [-0.05, 0) is 18.2 Å². The molecule has 1 rings (SSSR count). The predicted molar refractivity (Wildman–Crippen MR) is 47.2 cm³/mol. The van der Waals surface area contributed by atoms with Crippen LogP contribution in [0, 0.1) is 0 Å². The summed E-state index contributed by atoms with van der Waals surface area (Å²) in [6.07, 6.45) is 0. The molecule has 13 heavy (non-hydrogen) atoms. The Hall–Kier alpha value is -1.91. The molecule has 70 valence electrons. The highest BCUT2D eigenvalue weighted by Crippen LogP contribution is 2.25. The highest BCUT2D eigenvalue weighted by atomic mass is 16.5. The summed E-state index contributed by atoms with van der Waals surface area (Å²) in [5.74, 6) is 0.263. The molecule has 0 saturated carbocycles. The van der Waals surface area contributed by atoms with Gasteiger partial charge in [-0.15, -0.1) is 0 Å². The van der Waals surface area contributed by atoms with E-state index in [4.69, 9.17) is 15.7 Å². The third kappa shape index (κ3) is 1.81. The third-order valence-electron chi connectivity index (χ3n) is 1.58. The maximum Gasteiger partial charge on any atom is 0.170 e. The molecule has 0 aliphatic heterocycles. The number of phenolic OH excluding ortho intramolecular Hbond substituents is 1. The lowest BCUT2D eigenvalue weighted by Crippen LogP contribution is -2.12. The van der Waals surface area contributed by atoms with Gasteiger partial charge in [0.1, 0.15) is 0 Å². The molecule has 0 amide bonds. The number of methoxy groups -OCH3 is 1. The van der Waals surface area contributed by atoms with Crippen molar-refractivity contribution in [3.05, 3.63) is 23.8 Å². The monoisotopic (exact) mass is 182 g/mol. The highest BCUT2D eigenvalue weighted by molar-refractivity contribution is 5.97. The number of oxime groups is 1. The zero-order valence-electron chi connectivity index (χ0n) is 7.06. The first-order valence-corrected chi connectivity index (χ1v) is 3.54. The minimum absolute atomic E-state index is 0.0111. The number of hydrogen-bond donors (Lipinski definition) is 3. The quantitative estimate of drug-likeness (QED) is 0.269. The van der Waals surface area contributed by atoms with Gasteiger partial charge in [0, 0.05) is 5.56 Å². The molecule has 0 aliphatic carbocycles. The van der Waals surface area contributed by atoms with Crippen LogP contribution in [0.25, 0.3) is 0 Å². The average Bonchev–Trinajstić information content (AvgIpc) is 2.17. The Kier molecular flexibility index (Phi) is 2.59. The number of benzene rings is 1. The molecule has 0 unspecified atom stereocenters. The van der Waals surface area contributed by atoms with E-state index >= 15 is 0 Å². The van der Waals surface area contributed by atoms with Crippen molar-refractivity contribution in [2.75, 3.05) is 7.11 Å². The zero-order chi connectivity index (χ0) is 9.84. The van der Waals surface area contributed by atoms with Gasteiger partial charge < -0.3 is 20.8 Å². The van der Waals surface area contributed by atoms with Crippen LogP contribution in [0.1, 0.15) is 5.56 Å². The molecule has 0 heterocycles. The first-order valence-electron chi connectivity index (χ1n) is 3.54. The lowest BCUT2D eigenvalue weighted by molar-refractivity contribution is 0.318. The van der Waals surface area contributed by atoms with Gasteiger partial charge in [0.25, 0.3) is 0 Å². The van der Waals surface area contributed by atoms with Crippen LogP contribution in [-0.4, -0.2) is 23.3 Å². The molecular weight excluding hydrogens is 172 g/mol. The van der Waals surface area contributed by atoms with Crippen molar-refractivity contribution in [1.29, 1.82) is 0 Å². The molecule has 0 aliphatic rings. The van der Waals surface area contributed by atoms with Gasteiger partial charge in [0.05, 0.1) is 7.11 Å². The molecule has 0 atom stereocenters. The van der Waals surface area contributed by atoms with Gasteiger partial charge in [-0.3, -0.25) is 0 Å². The summed E-state index contributed by atoms with van der Waals surface area (Å²) in [6, 6.07) is 4.41. The fraction of sp³-hybridized carbons (Fsp3) is 0.125. The second kappa shape index (κ2) is 3.66. The minimum atomic E-state index is -0.0294. The van der Waals surface area contributed by atoms with Crippen LogP contribution >= 0.6 is 0 Å². The summed E-state index contributed by atoms with van der Waals surface area (Å²) in [5, 5.41) is 20.4. The number of nitrogens with two attached hydrogens (primary N) is 1. The number of hydrogen-bond acceptors (Lipinski definition) is 4. The fourth-order valence-electron chi connectivity index (χ4n) is 0.895. The molecule has 5 heteroatoms. The van der Waals surface area contributed by atoms with E-state index in [1.165, 1.54) is 25.3 Å². The second-order valence-electron chi connectivity index (χ2n) is 2.37. The third-order valence-corrected chi connectivity index (χ3v) is 1.58. The van der Waals surface area contributed by atoms with Crippen molar-refractivity contribution in [2.45, 2.75) is 0 Å². The fourth-order valence-corrected chi connectivity index (χ4v) is 0.895. The minimum Gasteiger partial charge on any atom is -0.504 e. The van der Waals surface area contributed by atoms with Crippen molar-refractivity contribution in [3.63, 3.8) is 0 Å². The summed E-state index contributed by atoms with van der Waals surface area (Å²) < 4.78 is 4.84. The van der Waals surface area contributed by atoms with Gasteiger partial charge in [-0.1, -0.05) is 5.16 Å². The van der Waals surface area contributed by atoms with Crippen LogP contribution in [-0.2, 0) is 0 Å². The van der Waals surface area contributed by atoms with E-state index in [1.807, 2.05) is 0 Å². The maximum absolute atomic E-state index is 9.22. The zero-order valence-corrected chi connectivity index (χ0v) is 7.06. The first kappa shape index (κ1) is 9.18. The second-order valence-corrected chi connectivity index (χ2v) is 2.37. The lowest BCUT2D eigenvalue weighted by Gasteiger charge is -2.04. The number of ether oxygens (including phenoxy) is 1. The van der Waals surface area contributed by atoms with E-state index in [2.05, 4.69) is 5.16 Å². The van der Waals surface area contributed by atoms with Crippen LogP contribution < -0.4 is 10.5 Å². The van der Waals surface area contributed by atoms with Crippen molar-refractivity contribution >= 4 is 5.84 Å². The smallest absolute Gasteiger partial charge is 0.170 e. The summed E-state index contributed by atoms with van der Waals surface area (Å²) in [6.45, 7) is 0. The SMILES string of the molecule is COc1cc(/C(N)=N\O)ccc1O. The largest absolute Gasteiger partial charge is 0.504 e. The lowest BCUT2D eigenvalue weighted by atomic mass is 10.2. The number of nitrogens with zero attached hydrogens (tertiary/aromatic N) is 1. The topological polar surface area (TPSA) is 88.1 Å². The van der Waals surface area contributed by atoms with Crippen LogP contribution in [0.3, 0.4) is 0 Å². The van der Waals surface area contributed by atoms with E-state index < -0.39 is 0 Å². The Bertz CT molecular complexity index is 336. The van der Waals surface area contributed by atoms with Crippen molar-refractivity contribution in [2.24, 2.45) is 10.9 Å². The van der Waals surface area contributed by atoms with Crippen LogP contribution in [0.5, 0.6) is 11.5 Å². The Balaban J connectivity index is 3.13. The van der Waals surface area contributed by atoms with Gasteiger partial charge in [-0.2, -0.15) is 0 Å². The first-order chi connectivity index (χ1) is 6.19. The standard InChI is InChI=1S/C8H10N2O3/c1-13-7-4-5(8(9)10-12)2-3-6(7)11/h2-4,11-12H,1H3,(H2,9,10). The Morgan fingerprint density at radius 2 is 2.23 bits per heavy atom. The van der Waals surface area contributed by atoms with E-state index in [0.29, 0.717) is 5.56 Å². The molecule has 4 N–H and O–H groups in total. The van der Waals surface area contributed by atoms with Gasteiger partial charge in [0.2, 0.25) is 0 Å². The number of amidine groups is 1. The number of aromatic hydroxyl groups is 1. The van der Waals surface area contributed by atoms with E-state index in [0.717, 1.165) is 0 Å². The van der Waals surface area contributed by atoms with Crippen LogP contribution in [0.4, 0.5) is 0 Å². The van der Waals surface area contributed by atoms with E-state index in [9.17, 15) is 5.11 Å². The highest BCUT2D eigenvalue weighted by Gasteiger charge is 2.04. The van der Waals surface area contributed by atoms with Crippen LogP contribution in [0.2, 0.25) is 0 Å². The summed E-state index contributed by atoms with van der Waals surface area (Å²) in [4.78, 5) is 0. The average molecular weight is 182 g/mol. The normalized spacial score (nSPS) is 11.3. The maximum atomic E-state index is 9.22.